The van der Waals surface area contributed by atoms with Gasteiger partial charge in [0.1, 0.15) is 5.60 Å². The Morgan fingerprint density at radius 1 is 1.33 bits per heavy atom. The summed E-state index contributed by atoms with van der Waals surface area (Å²) in [5, 5.41) is 0. The summed E-state index contributed by atoms with van der Waals surface area (Å²) in [4.78, 5) is 12.4. The summed E-state index contributed by atoms with van der Waals surface area (Å²) >= 11 is 0. The second-order valence-electron chi connectivity index (χ2n) is 7.70. The first-order valence-corrected chi connectivity index (χ1v) is 7.91. The smallest absolute Gasteiger partial charge is 0.312 e. The number of hydrogen-bond acceptors (Lipinski definition) is 3. The molecule has 2 fully saturated rings. The highest BCUT2D eigenvalue weighted by Crippen LogP contribution is 2.50. The lowest BCUT2D eigenvalue weighted by atomic mass is 9.94. The molecule has 0 heterocycles. The van der Waals surface area contributed by atoms with Crippen LogP contribution in [0.3, 0.4) is 0 Å². The number of carbonyl (C=O) groups is 1. The van der Waals surface area contributed by atoms with Gasteiger partial charge in [0.2, 0.25) is 0 Å². The van der Waals surface area contributed by atoms with E-state index in [0.29, 0.717) is 5.92 Å². The van der Waals surface area contributed by atoms with E-state index < -0.39 is 5.60 Å². The van der Waals surface area contributed by atoms with Crippen LogP contribution in [-0.4, -0.2) is 11.6 Å². The molecule has 1 aromatic carbocycles. The topological polar surface area (TPSA) is 52.3 Å². The van der Waals surface area contributed by atoms with Crippen LogP contribution >= 0.6 is 0 Å². The van der Waals surface area contributed by atoms with E-state index in [1.165, 1.54) is 18.4 Å². The first-order chi connectivity index (χ1) is 9.79. The van der Waals surface area contributed by atoms with Gasteiger partial charge in [0, 0.05) is 5.69 Å². The minimum atomic E-state index is -0.415. The number of nitrogen functional groups attached to an aromatic ring is 1. The van der Waals surface area contributed by atoms with Gasteiger partial charge in [0.05, 0.1) is 5.41 Å². The highest BCUT2D eigenvalue weighted by atomic mass is 16.6. The van der Waals surface area contributed by atoms with Gasteiger partial charge < -0.3 is 10.5 Å². The maximum absolute atomic E-state index is 12.4. The summed E-state index contributed by atoms with van der Waals surface area (Å²) in [5.74, 6) is 0.611. The molecule has 2 saturated carbocycles. The molecule has 114 valence electrons. The molecule has 0 unspecified atom stereocenters. The Balaban J connectivity index is 1.71. The Morgan fingerprint density at radius 3 is 2.48 bits per heavy atom. The van der Waals surface area contributed by atoms with Crippen molar-refractivity contribution in [3.8, 4) is 0 Å². The highest BCUT2D eigenvalue weighted by Gasteiger charge is 2.52. The van der Waals surface area contributed by atoms with E-state index in [9.17, 15) is 4.79 Å². The van der Waals surface area contributed by atoms with Crippen LogP contribution in [0.15, 0.2) is 18.2 Å². The van der Waals surface area contributed by atoms with Crippen molar-refractivity contribution in [2.45, 2.75) is 64.4 Å². The van der Waals surface area contributed by atoms with Crippen molar-refractivity contribution in [3.63, 3.8) is 0 Å². The standard InChI is InChI=1S/C18H25NO2/c1-17(2,3)21-16(20)18(8-9-18)11-12-4-7-14(13-5-6-13)15(19)10-12/h4,7,10,13H,5-6,8-9,11,19H2,1-3H3. The van der Waals surface area contributed by atoms with E-state index in [1.54, 1.807) is 0 Å². The lowest BCUT2D eigenvalue weighted by molar-refractivity contribution is -0.161. The Morgan fingerprint density at radius 2 is 2.00 bits per heavy atom. The molecule has 0 amide bonds. The Labute approximate surface area is 126 Å². The molecule has 0 radical (unpaired) electrons. The third-order valence-electron chi connectivity index (χ3n) is 4.40. The molecule has 0 spiro atoms. The molecular formula is C18H25NO2. The number of rotatable bonds is 4. The normalized spacial score (nSPS) is 20.1. The Hall–Kier alpha value is -1.51. The number of anilines is 1. The molecule has 0 aliphatic heterocycles. The first-order valence-electron chi connectivity index (χ1n) is 7.91. The quantitative estimate of drug-likeness (QED) is 0.676. The third-order valence-corrected chi connectivity index (χ3v) is 4.40. The fourth-order valence-corrected chi connectivity index (χ4v) is 2.88. The molecule has 0 atom stereocenters. The molecule has 2 N–H and O–H groups in total. The van der Waals surface area contributed by atoms with Gasteiger partial charge in [-0.15, -0.1) is 0 Å². The molecule has 3 heteroatoms. The van der Waals surface area contributed by atoms with Gasteiger partial charge in [-0.2, -0.15) is 0 Å². The average molecular weight is 287 g/mol. The predicted octanol–water partition coefficient (Wildman–Crippen LogP) is 3.81. The number of nitrogens with two attached hydrogens (primary N) is 1. The second-order valence-corrected chi connectivity index (χ2v) is 7.70. The van der Waals surface area contributed by atoms with Crippen LogP contribution in [0.4, 0.5) is 5.69 Å². The average Bonchev–Trinajstić information content (AvgIpc) is 3.21. The summed E-state index contributed by atoms with van der Waals surface area (Å²) in [6.07, 6.45) is 5.10. The van der Waals surface area contributed by atoms with Crippen molar-refractivity contribution in [2.75, 3.05) is 5.73 Å². The Bertz CT molecular complexity index is 563. The summed E-state index contributed by atoms with van der Waals surface area (Å²) < 4.78 is 5.57. The number of benzene rings is 1. The number of carbonyl (C=O) groups excluding carboxylic acids is 1. The van der Waals surface area contributed by atoms with Crippen molar-refractivity contribution in [2.24, 2.45) is 5.41 Å². The second kappa shape index (κ2) is 4.75. The molecule has 2 aliphatic rings. The first kappa shape index (κ1) is 14.4. The van der Waals surface area contributed by atoms with E-state index in [0.717, 1.165) is 30.5 Å². The van der Waals surface area contributed by atoms with Crippen LogP contribution in [0, 0.1) is 5.41 Å². The van der Waals surface area contributed by atoms with E-state index in [4.69, 9.17) is 10.5 Å². The summed E-state index contributed by atoms with van der Waals surface area (Å²) in [7, 11) is 0. The van der Waals surface area contributed by atoms with Crippen molar-refractivity contribution in [1.29, 1.82) is 0 Å². The van der Waals surface area contributed by atoms with Gasteiger partial charge in [0.25, 0.3) is 0 Å². The van der Waals surface area contributed by atoms with Gasteiger partial charge >= 0.3 is 5.97 Å². The van der Waals surface area contributed by atoms with Crippen molar-refractivity contribution in [1.82, 2.24) is 0 Å². The third kappa shape index (κ3) is 3.22. The van der Waals surface area contributed by atoms with Gasteiger partial charge in [-0.05, 0) is 76.0 Å². The SMILES string of the molecule is CC(C)(C)OC(=O)C1(Cc2ccc(C3CC3)c(N)c2)CC1. The predicted molar refractivity (Wildman–Crippen MR) is 84.0 cm³/mol. The molecule has 1 aromatic rings. The number of hydrogen-bond donors (Lipinski definition) is 1. The van der Waals surface area contributed by atoms with E-state index in [2.05, 4.69) is 18.2 Å². The lowest BCUT2D eigenvalue weighted by Crippen LogP contribution is -2.30. The van der Waals surface area contributed by atoms with Crippen LogP contribution in [0.25, 0.3) is 0 Å². The minimum absolute atomic E-state index is 0.0557. The Kier molecular flexibility index (Phi) is 3.27. The van der Waals surface area contributed by atoms with Gasteiger partial charge in [-0.3, -0.25) is 4.79 Å². The van der Waals surface area contributed by atoms with Crippen LogP contribution < -0.4 is 5.73 Å². The molecule has 0 aromatic heterocycles. The van der Waals surface area contributed by atoms with E-state index in [1.807, 2.05) is 20.8 Å². The van der Waals surface area contributed by atoms with Crippen LogP contribution in [0.5, 0.6) is 0 Å². The number of esters is 1. The van der Waals surface area contributed by atoms with Crippen LogP contribution in [-0.2, 0) is 16.0 Å². The maximum Gasteiger partial charge on any atom is 0.312 e. The largest absolute Gasteiger partial charge is 0.460 e. The summed E-state index contributed by atoms with van der Waals surface area (Å²) in [6.45, 7) is 5.76. The fraction of sp³-hybridized carbons (Fsp3) is 0.611. The molecule has 3 nitrogen and oxygen atoms in total. The lowest BCUT2D eigenvalue weighted by Gasteiger charge is -2.24. The fourth-order valence-electron chi connectivity index (χ4n) is 2.88. The monoisotopic (exact) mass is 287 g/mol. The highest BCUT2D eigenvalue weighted by molar-refractivity contribution is 5.80. The van der Waals surface area contributed by atoms with Crippen LogP contribution in [0.1, 0.15) is 63.5 Å². The zero-order valence-corrected chi connectivity index (χ0v) is 13.2. The van der Waals surface area contributed by atoms with Crippen LogP contribution in [0.2, 0.25) is 0 Å². The van der Waals surface area contributed by atoms with Crippen molar-refractivity contribution < 1.29 is 9.53 Å². The minimum Gasteiger partial charge on any atom is -0.460 e. The van der Waals surface area contributed by atoms with E-state index >= 15 is 0 Å². The van der Waals surface area contributed by atoms with Gasteiger partial charge in [-0.25, -0.2) is 0 Å². The summed E-state index contributed by atoms with van der Waals surface area (Å²) in [6, 6.07) is 6.33. The zero-order valence-electron chi connectivity index (χ0n) is 13.2. The number of ether oxygens (including phenoxy) is 1. The summed E-state index contributed by atoms with van der Waals surface area (Å²) in [5.41, 5.74) is 8.76. The molecule has 0 bridgehead atoms. The molecule has 0 saturated heterocycles. The van der Waals surface area contributed by atoms with Crippen molar-refractivity contribution >= 4 is 11.7 Å². The molecule has 3 rings (SSSR count). The van der Waals surface area contributed by atoms with E-state index in [-0.39, 0.29) is 11.4 Å². The maximum atomic E-state index is 12.4. The zero-order chi connectivity index (χ0) is 15.3. The molecule has 21 heavy (non-hydrogen) atoms. The molecular weight excluding hydrogens is 262 g/mol. The molecule has 2 aliphatic carbocycles. The van der Waals surface area contributed by atoms with Gasteiger partial charge in [0.15, 0.2) is 0 Å². The van der Waals surface area contributed by atoms with Crippen molar-refractivity contribution in [3.05, 3.63) is 29.3 Å². The van der Waals surface area contributed by atoms with Gasteiger partial charge in [-0.1, -0.05) is 12.1 Å².